The molecule has 0 aliphatic rings. The van der Waals surface area contributed by atoms with Gasteiger partial charge in [-0.2, -0.15) is 0 Å². The van der Waals surface area contributed by atoms with Crippen LogP contribution in [0, 0.1) is 0 Å². The number of esters is 1. The van der Waals surface area contributed by atoms with Gasteiger partial charge in [0.2, 0.25) is 0 Å². The number of carbonyl (C=O) groups excluding carboxylic acids is 2. The van der Waals surface area contributed by atoms with Crippen molar-refractivity contribution in [1.82, 2.24) is 10.6 Å². The summed E-state index contributed by atoms with van der Waals surface area (Å²) in [5.74, 6) is -2.04. The fourth-order valence-corrected chi connectivity index (χ4v) is 2.54. The SMILES string of the molecule is COC(=O)C[C@H](NC(=O)NC(C)c1ccc(Cl)s1)C(=O)O. The van der Waals surface area contributed by atoms with Gasteiger partial charge in [-0.25, -0.2) is 9.59 Å². The number of rotatable bonds is 6. The van der Waals surface area contributed by atoms with Crippen LogP contribution in [-0.2, 0) is 14.3 Å². The number of aliphatic carboxylic acids is 1. The summed E-state index contributed by atoms with van der Waals surface area (Å²) in [6.07, 6.45) is -0.446. The second-order valence-corrected chi connectivity index (χ2v) is 5.90. The molecule has 116 valence electrons. The van der Waals surface area contributed by atoms with Crippen LogP contribution in [0.1, 0.15) is 24.3 Å². The number of halogens is 1. The van der Waals surface area contributed by atoms with E-state index in [1.54, 1.807) is 19.1 Å². The van der Waals surface area contributed by atoms with Crippen LogP contribution >= 0.6 is 22.9 Å². The molecule has 0 aromatic carbocycles. The van der Waals surface area contributed by atoms with Crippen LogP contribution in [0.3, 0.4) is 0 Å². The molecular weight excluding hydrogens is 320 g/mol. The molecule has 2 amide bonds. The van der Waals surface area contributed by atoms with Crippen molar-refractivity contribution in [2.24, 2.45) is 0 Å². The minimum absolute atomic E-state index is 0.338. The average Bonchev–Trinajstić information content (AvgIpc) is 2.84. The first-order valence-electron chi connectivity index (χ1n) is 5.95. The van der Waals surface area contributed by atoms with Crippen molar-refractivity contribution in [1.29, 1.82) is 0 Å². The van der Waals surface area contributed by atoms with Gasteiger partial charge in [0, 0.05) is 4.88 Å². The highest BCUT2D eigenvalue weighted by atomic mass is 35.5. The third kappa shape index (κ3) is 5.60. The summed E-state index contributed by atoms with van der Waals surface area (Å²) in [5.41, 5.74) is 0. The number of amides is 2. The van der Waals surface area contributed by atoms with Crippen molar-refractivity contribution in [3.05, 3.63) is 21.3 Å². The van der Waals surface area contributed by atoms with Crippen molar-refractivity contribution in [3.8, 4) is 0 Å². The van der Waals surface area contributed by atoms with Crippen LogP contribution < -0.4 is 10.6 Å². The van der Waals surface area contributed by atoms with Gasteiger partial charge in [-0.1, -0.05) is 11.6 Å². The molecule has 0 saturated carbocycles. The monoisotopic (exact) mass is 334 g/mol. The predicted octanol–water partition coefficient (Wildman–Crippen LogP) is 1.78. The van der Waals surface area contributed by atoms with Crippen LogP contribution in [0.4, 0.5) is 4.79 Å². The topological polar surface area (TPSA) is 105 Å². The summed E-state index contributed by atoms with van der Waals surface area (Å²) in [4.78, 5) is 34.6. The molecule has 0 aliphatic heterocycles. The van der Waals surface area contributed by atoms with Gasteiger partial charge in [0.1, 0.15) is 6.04 Å². The van der Waals surface area contributed by atoms with Gasteiger partial charge < -0.3 is 20.5 Å². The zero-order valence-electron chi connectivity index (χ0n) is 11.4. The lowest BCUT2D eigenvalue weighted by atomic mass is 10.2. The first-order chi connectivity index (χ1) is 9.83. The maximum absolute atomic E-state index is 11.8. The zero-order valence-corrected chi connectivity index (χ0v) is 13.0. The van der Waals surface area contributed by atoms with E-state index >= 15 is 0 Å². The molecule has 0 spiro atoms. The van der Waals surface area contributed by atoms with E-state index in [1.165, 1.54) is 11.3 Å². The highest BCUT2D eigenvalue weighted by Crippen LogP contribution is 2.26. The lowest BCUT2D eigenvalue weighted by Crippen LogP contribution is -2.47. The molecule has 0 aliphatic carbocycles. The number of ether oxygens (including phenoxy) is 1. The summed E-state index contributed by atoms with van der Waals surface area (Å²) < 4.78 is 4.97. The number of carboxylic acids is 1. The molecular formula is C12H15ClN2O5S. The van der Waals surface area contributed by atoms with E-state index in [0.29, 0.717) is 4.34 Å². The molecule has 7 nitrogen and oxygen atoms in total. The van der Waals surface area contributed by atoms with Gasteiger partial charge in [0.15, 0.2) is 0 Å². The van der Waals surface area contributed by atoms with Gasteiger partial charge in [-0.3, -0.25) is 4.79 Å². The fraction of sp³-hybridized carbons (Fsp3) is 0.417. The second-order valence-electron chi connectivity index (χ2n) is 4.15. The van der Waals surface area contributed by atoms with E-state index in [0.717, 1.165) is 12.0 Å². The smallest absolute Gasteiger partial charge is 0.326 e. The Morgan fingerprint density at radius 2 is 2.05 bits per heavy atom. The standard InChI is InChI=1S/C12H15ClN2O5S/c1-6(8-3-4-9(13)21-8)14-12(19)15-7(11(17)18)5-10(16)20-2/h3-4,6-7H,5H2,1-2H3,(H,17,18)(H2,14,15,19)/t6?,7-/m0/s1. The summed E-state index contributed by atoms with van der Waals surface area (Å²) in [7, 11) is 1.14. The van der Waals surface area contributed by atoms with Gasteiger partial charge >= 0.3 is 18.0 Å². The molecule has 1 rings (SSSR count). The first kappa shape index (κ1) is 17.3. The molecule has 2 atom stereocenters. The molecule has 1 unspecified atom stereocenters. The van der Waals surface area contributed by atoms with E-state index in [2.05, 4.69) is 15.4 Å². The lowest BCUT2D eigenvalue weighted by Gasteiger charge is -2.17. The number of carboxylic acid groups (broad SMARTS) is 1. The highest BCUT2D eigenvalue weighted by Gasteiger charge is 2.24. The number of carbonyl (C=O) groups is 3. The molecule has 9 heteroatoms. The minimum atomic E-state index is -1.35. The first-order valence-corrected chi connectivity index (χ1v) is 7.14. The molecule has 21 heavy (non-hydrogen) atoms. The summed E-state index contributed by atoms with van der Waals surface area (Å²) >= 11 is 7.11. The van der Waals surface area contributed by atoms with Crippen molar-refractivity contribution in [2.45, 2.75) is 25.4 Å². The van der Waals surface area contributed by atoms with Crippen LogP contribution in [-0.4, -0.2) is 36.2 Å². The zero-order chi connectivity index (χ0) is 16.0. The Bertz CT molecular complexity index is 533. The van der Waals surface area contributed by atoms with E-state index in [1.807, 2.05) is 0 Å². The van der Waals surface area contributed by atoms with E-state index in [9.17, 15) is 14.4 Å². The Morgan fingerprint density at radius 3 is 2.52 bits per heavy atom. The predicted molar refractivity (Wildman–Crippen MR) is 77.5 cm³/mol. The van der Waals surface area contributed by atoms with Crippen LogP contribution in [0.2, 0.25) is 4.34 Å². The molecule has 0 radical (unpaired) electrons. The summed E-state index contributed by atoms with van der Waals surface area (Å²) in [6.45, 7) is 1.73. The van der Waals surface area contributed by atoms with E-state index in [4.69, 9.17) is 16.7 Å². The number of hydrogen-bond donors (Lipinski definition) is 3. The largest absolute Gasteiger partial charge is 0.480 e. The number of hydrogen-bond acceptors (Lipinski definition) is 5. The number of thiophene rings is 1. The van der Waals surface area contributed by atoms with Gasteiger partial charge in [0.25, 0.3) is 0 Å². The molecule has 1 aromatic rings. The van der Waals surface area contributed by atoms with E-state index < -0.39 is 30.4 Å². The van der Waals surface area contributed by atoms with Gasteiger partial charge in [-0.05, 0) is 19.1 Å². The number of methoxy groups -OCH3 is 1. The van der Waals surface area contributed by atoms with Gasteiger partial charge in [-0.15, -0.1) is 11.3 Å². The summed E-state index contributed by atoms with van der Waals surface area (Å²) in [5, 5.41) is 13.7. The molecule has 0 fully saturated rings. The maximum atomic E-state index is 11.8. The van der Waals surface area contributed by atoms with Crippen molar-refractivity contribution in [2.75, 3.05) is 7.11 Å². The Labute approximate surface area is 130 Å². The normalized spacial score (nSPS) is 13.1. The van der Waals surface area contributed by atoms with Crippen LogP contribution in [0.25, 0.3) is 0 Å². The number of urea groups is 1. The molecule has 0 saturated heterocycles. The Morgan fingerprint density at radius 1 is 1.38 bits per heavy atom. The minimum Gasteiger partial charge on any atom is -0.480 e. The quantitative estimate of drug-likeness (QED) is 0.688. The molecule has 0 bridgehead atoms. The highest BCUT2D eigenvalue weighted by molar-refractivity contribution is 7.16. The lowest BCUT2D eigenvalue weighted by molar-refractivity contribution is -0.147. The number of nitrogens with one attached hydrogen (secondary N) is 2. The third-order valence-electron chi connectivity index (χ3n) is 2.57. The Balaban J connectivity index is 2.57. The summed E-state index contributed by atoms with van der Waals surface area (Å²) in [6, 6.07) is 1.09. The van der Waals surface area contributed by atoms with E-state index in [-0.39, 0.29) is 6.04 Å². The maximum Gasteiger partial charge on any atom is 0.326 e. The van der Waals surface area contributed by atoms with Crippen molar-refractivity contribution in [3.63, 3.8) is 0 Å². The molecule has 1 aromatic heterocycles. The van der Waals surface area contributed by atoms with Crippen LogP contribution in [0.5, 0.6) is 0 Å². The van der Waals surface area contributed by atoms with Gasteiger partial charge in [0.05, 0.1) is 23.9 Å². The Kier molecular flexibility index (Phi) is 6.44. The Hall–Kier alpha value is -1.80. The fourth-order valence-electron chi connectivity index (χ4n) is 1.48. The van der Waals surface area contributed by atoms with Crippen LogP contribution in [0.15, 0.2) is 12.1 Å². The molecule has 1 heterocycles. The average molecular weight is 335 g/mol. The second kappa shape index (κ2) is 7.84. The van der Waals surface area contributed by atoms with Crippen molar-refractivity contribution >= 4 is 40.9 Å². The van der Waals surface area contributed by atoms with Crippen molar-refractivity contribution < 1.29 is 24.2 Å². The third-order valence-corrected chi connectivity index (χ3v) is 3.98. The molecule has 3 N–H and O–H groups in total.